The number of carboxylic acid groups (broad SMARTS) is 1. The number of hydrogen-bond acceptors (Lipinski definition) is 3. The zero-order chi connectivity index (χ0) is 13.1. The van der Waals surface area contributed by atoms with Crippen molar-refractivity contribution in [1.29, 1.82) is 0 Å². The minimum Gasteiger partial charge on any atom is -0.489 e. The summed E-state index contributed by atoms with van der Waals surface area (Å²) in [7, 11) is 0. The van der Waals surface area contributed by atoms with E-state index in [2.05, 4.69) is 11.6 Å². The average Bonchev–Trinajstić information content (AvgIpc) is 2.35. The van der Waals surface area contributed by atoms with E-state index in [9.17, 15) is 9.18 Å². The van der Waals surface area contributed by atoms with E-state index in [0.717, 1.165) is 0 Å². The van der Waals surface area contributed by atoms with Gasteiger partial charge in [0.2, 0.25) is 0 Å². The molecule has 0 atom stereocenters. The molecule has 0 radical (unpaired) electrons. The number of fused-ring (bicyclic) bond motifs is 1. The van der Waals surface area contributed by atoms with Crippen molar-refractivity contribution in [1.82, 2.24) is 4.98 Å². The lowest BCUT2D eigenvalue weighted by molar-refractivity contribution is 0.0690. The fraction of sp³-hybridized carbons (Fsp3) is 0.0769. The number of nitrogens with zero attached hydrogens (tertiary/aromatic N) is 1. The molecule has 92 valence electrons. The van der Waals surface area contributed by atoms with E-state index >= 15 is 0 Å². The Bertz CT molecular complexity index is 625. The van der Waals surface area contributed by atoms with Crippen molar-refractivity contribution >= 4 is 16.9 Å². The Balaban J connectivity index is 2.64. The highest BCUT2D eigenvalue weighted by atomic mass is 19.1. The van der Waals surface area contributed by atoms with Gasteiger partial charge in [-0.25, -0.2) is 14.2 Å². The maximum absolute atomic E-state index is 13.2. The molecule has 5 heteroatoms. The van der Waals surface area contributed by atoms with Crippen molar-refractivity contribution in [2.24, 2.45) is 0 Å². The maximum Gasteiger partial charge on any atom is 0.354 e. The van der Waals surface area contributed by atoms with Crippen LogP contribution in [-0.2, 0) is 0 Å². The number of benzene rings is 1. The molecule has 0 fully saturated rings. The van der Waals surface area contributed by atoms with Crippen molar-refractivity contribution in [2.75, 3.05) is 6.61 Å². The molecule has 2 aromatic rings. The van der Waals surface area contributed by atoms with Gasteiger partial charge >= 0.3 is 5.97 Å². The first kappa shape index (κ1) is 12.0. The first-order valence-corrected chi connectivity index (χ1v) is 5.19. The van der Waals surface area contributed by atoms with Crippen LogP contribution in [-0.4, -0.2) is 22.7 Å². The summed E-state index contributed by atoms with van der Waals surface area (Å²) in [6.07, 6.45) is 1.52. The summed E-state index contributed by atoms with van der Waals surface area (Å²) in [6, 6.07) is 5.16. The van der Waals surface area contributed by atoms with Crippen molar-refractivity contribution in [2.45, 2.75) is 0 Å². The normalized spacial score (nSPS) is 10.3. The molecule has 0 spiro atoms. The van der Waals surface area contributed by atoms with Crippen LogP contribution in [0.3, 0.4) is 0 Å². The van der Waals surface area contributed by atoms with Crippen molar-refractivity contribution in [3.63, 3.8) is 0 Å². The Hall–Kier alpha value is -2.43. The fourth-order valence-corrected chi connectivity index (χ4v) is 1.54. The number of aromatic nitrogens is 1. The topological polar surface area (TPSA) is 59.4 Å². The van der Waals surface area contributed by atoms with Gasteiger partial charge in [0.05, 0.1) is 5.52 Å². The van der Waals surface area contributed by atoms with Crippen LogP contribution in [0.1, 0.15) is 10.5 Å². The largest absolute Gasteiger partial charge is 0.489 e. The standard InChI is InChI=1S/C13H10FNO3/c1-2-5-18-12-7-11(13(16)17)15-10-4-3-8(14)6-9(10)12/h2-4,6-7H,1,5H2,(H,16,17). The molecule has 1 aromatic carbocycles. The third-order valence-electron chi connectivity index (χ3n) is 2.31. The molecule has 0 bridgehead atoms. The van der Waals surface area contributed by atoms with E-state index in [0.29, 0.717) is 10.9 Å². The summed E-state index contributed by atoms with van der Waals surface area (Å²) in [4.78, 5) is 14.8. The van der Waals surface area contributed by atoms with E-state index in [1.54, 1.807) is 0 Å². The van der Waals surface area contributed by atoms with E-state index in [1.165, 1.54) is 30.3 Å². The first-order valence-electron chi connectivity index (χ1n) is 5.19. The predicted octanol–water partition coefficient (Wildman–Crippen LogP) is 2.64. The summed E-state index contributed by atoms with van der Waals surface area (Å²) in [6.45, 7) is 3.70. The molecule has 1 heterocycles. The van der Waals surface area contributed by atoms with Gasteiger partial charge in [0, 0.05) is 11.5 Å². The Morgan fingerprint density at radius 2 is 2.28 bits per heavy atom. The van der Waals surface area contributed by atoms with Gasteiger partial charge in [-0.2, -0.15) is 0 Å². The van der Waals surface area contributed by atoms with E-state index in [1.807, 2.05) is 0 Å². The van der Waals surface area contributed by atoms with Gasteiger partial charge in [-0.15, -0.1) is 0 Å². The number of carbonyl (C=O) groups is 1. The molecule has 1 aromatic heterocycles. The highest BCUT2D eigenvalue weighted by Gasteiger charge is 2.12. The molecule has 1 N–H and O–H groups in total. The summed E-state index contributed by atoms with van der Waals surface area (Å²) in [5.41, 5.74) is 0.225. The van der Waals surface area contributed by atoms with Crippen LogP contribution >= 0.6 is 0 Å². The Labute approximate surface area is 102 Å². The molecule has 18 heavy (non-hydrogen) atoms. The molecule has 0 aliphatic rings. The van der Waals surface area contributed by atoms with Gasteiger partial charge in [-0.1, -0.05) is 12.7 Å². The summed E-state index contributed by atoms with van der Waals surface area (Å²) in [5, 5.41) is 9.37. The van der Waals surface area contributed by atoms with Crippen LogP contribution in [0.2, 0.25) is 0 Å². The van der Waals surface area contributed by atoms with Gasteiger partial charge in [0.1, 0.15) is 18.2 Å². The number of pyridine rings is 1. The first-order chi connectivity index (χ1) is 8.61. The SMILES string of the molecule is C=CCOc1cc(C(=O)O)nc2ccc(F)cc12. The van der Waals surface area contributed by atoms with Gasteiger partial charge in [0.15, 0.2) is 5.69 Å². The number of carboxylic acids is 1. The molecule has 0 unspecified atom stereocenters. The maximum atomic E-state index is 13.2. The molecule has 0 aliphatic heterocycles. The average molecular weight is 247 g/mol. The van der Waals surface area contributed by atoms with Crippen LogP contribution in [0.4, 0.5) is 4.39 Å². The summed E-state index contributed by atoms with van der Waals surface area (Å²) < 4.78 is 18.5. The smallest absolute Gasteiger partial charge is 0.354 e. The quantitative estimate of drug-likeness (QED) is 0.844. The van der Waals surface area contributed by atoms with E-state index in [-0.39, 0.29) is 18.1 Å². The van der Waals surface area contributed by atoms with Crippen LogP contribution < -0.4 is 4.74 Å². The van der Waals surface area contributed by atoms with E-state index < -0.39 is 11.8 Å². The molecular formula is C13H10FNO3. The minimum absolute atomic E-state index is 0.145. The third kappa shape index (κ3) is 2.29. The highest BCUT2D eigenvalue weighted by molar-refractivity contribution is 5.93. The van der Waals surface area contributed by atoms with Crippen LogP contribution in [0, 0.1) is 5.82 Å². The molecular weight excluding hydrogens is 237 g/mol. The lowest BCUT2D eigenvalue weighted by Gasteiger charge is -2.08. The van der Waals surface area contributed by atoms with E-state index in [4.69, 9.17) is 9.84 Å². The molecule has 2 rings (SSSR count). The third-order valence-corrected chi connectivity index (χ3v) is 2.31. The molecule has 0 aliphatic carbocycles. The minimum atomic E-state index is -1.16. The summed E-state index contributed by atoms with van der Waals surface area (Å²) in [5.74, 6) is -1.32. The van der Waals surface area contributed by atoms with Gasteiger partial charge in [0.25, 0.3) is 0 Å². The van der Waals surface area contributed by atoms with Gasteiger partial charge < -0.3 is 9.84 Å². The molecule has 0 saturated heterocycles. The lowest BCUT2D eigenvalue weighted by atomic mass is 10.1. The second-order valence-electron chi connectivity index (χ2n) is 3.57. The number of aromatic carboxylic acids is 1. The lowest BCUT2D eigenvalue weighted by Crippen LogP contribution is -2.03. The van der Waals surface area contributed by atoms with Gasteiger partial charge in [-0.05, 0) is 18.2 Å². The van der Waals surface area contributed by atoms with Crippen LogP contribution in [0.25, 0.3) is 10.9 Å². The highest BCUT2D eigenvalue weighted by Crippen LogP contribution is 2.26. The van der Waals surface area contributed by atoms with Crippen molar-refractivity contribution < 1.29 is 19.0 Å². The van der Waals surface area contributed by atoms with Gasteiger partial charge in [-0.3, -0.25) is 0 Å². The molecule has 0 amide bonds. The van der Waals surface area contributed by atoms with Crippen LogP contribution in [0.15, 0.2) is 36.9 Å². The predicted molar refractivity (Wildman–Crippen MR) is 64.4 cm³/mol. The fourth-order valence-electron chi connectivity index (χ4n) is 1.54. The molecule has 4 nitrogen and oxygen atoms in total. The molecule has 0 saturated carbocycles. The Morgan fingerprint density at radius 3 is 2.94 bits per heavy atom. The number of rotatable bonds is 4. The second-order valence-corrected chi connectivity index (χ2v) is 3.57. The zero-order valence-corrected chi connectivity index (χ0v) is 9.39. The monoisotopic (exact) mass is 247 g/mol. The Kier molecular flexibility index (Phi) is 3.23. The zero-order valence-electron chi connectivity index (χ0n) is 9.39. The number of ether oxygens (including phenoxy) is 1. The Morgan fingerprint density at radius 1 is 1.50 bits per heavy atom. The number of hydrogen-bond donors (Lipinski definition) is 1. The second kappa shape index (κ2) is 4.83. The van der Waals surface area contributed by atoms with Crippen molar-refractivity contribution in [3.05, 3.63) is 48.4 Å². The summed E-state index contributed by atoms with van der Waals surface area (Å²) >= 11 is 0. The van der Waals surface area contributed by atoms with Crippen molar-refractivity contribution in [3.8, 4) is 5.75 Å². The number of halogens is 1. The van der Waals surface area contributed by atoms with Crippen LogP contribution in [0.5, 0.6) is 5.75 Å².